The van der Waals surface area contributed by atoms with Gasteiger partial charge in [0.25, 0.3) is 0 Å². The van der Waals surface area contributed by atoms with Crippen LogP contribution in [-0.4, -0.2) is 106 Å². The van der Waals surface area contributed by atoms with Crippen molar-refractivity contribution in [3.63, 3.8) is 0 Å². The fourth-order valence-corrected chi connectivity index (χ4v) is 4.61. The monoisotopic (exact) mass is 442 g/mol. The van der Waals surface area contributed by atoms with Gasteiger partial charge in [0.05, 0.1) is 0 Å². The number of sulfonamides is 1. The third-order valence-electron chi connectivity index (χ3n) is 5.62. The van der Waals surface area contributed by atoms with Gasteiger partial charge >= 0.3 is 15.5 Å². The largest absolute Gasteiger partial charge is 0.511 e. The van der Waals surface area contributed by atoms with Crippen LogP contribution in [0.5, 0.6) is 0 Å². The summed E-state index contributed by atoms with van der Waals surface area (Å²) < 4.78 is 61.4. The molecule has 2 rings (SSSR count). The van der Waals surface area contributed by atoms with Crippen LogP contribution in [0.1, 0.15) is 19.8 Å². The molecule has 0 aromatic carbocycles. The highest BCUT2D eigenvalue weighted by molar-refractivity contribution is 7.90. The molecule has 0 aromatic heterocycles. The Labute approximate surface area is 171 Å². The molecule has 29 heavy (non-hydrogen) atoms. The van der Waals surface area contributed by atoms with Crippen LogP contribution in [0.15, 0.2) is 4.99 Å². The number of nitrogens with one attached hydrogen (secondary N) is 2. The zero-order chi connectivity index (χ0) is 21.5. The molecule has 0 aliphatic carbocycles. The second kappa shape index (κ2) is 10.8. The molecule has 2 fully saturated rings. The molecular formula is C17H33F3N6O2S. The molecule has 0 bridgehead atoms. The second-order valence-corrected chi connectivity index (χ2v) is 9.38. The van der Waals surface area contributed by atoms with Crippen LogP contribution in [0.3, 0.4) is 0 Å². The first-order valence-electron chi connectivity index (χ1n) is 10.1. The van der Waals surface area contributed by atoms with E-state index in [0.717, 1.165) is 45.8 Å². The summed E-state index contributed by atoms with van der Waals surface area (Å²) in [5.74, 6) is 0.762. The van der Waals surface area contributed by atoms with E-state index >= 15 is 0 Å². The number of nitrogens with zero attached hydrogens (tertiary/aromatic N) is 4. The molecule has 12 heteroatoms. The molecule has 0 amide bonds. The molecule has 2 aliphatic rings. The van der Waals surface area contributed by atoms with Crippen molar-refractivity contribution in [1.82, 2.24) is 24.7 Å². The molecule has 0 radical (unpaired) electrons. The summed E-state index contributed by atoms with van der Waals surface area (Å²) in [6.45, 7) is 9.57. The number of likely N-dealkylation sites (N-methyl/N-ethyl adjacent to an activating group) is 1. The number of halogens is 3. The lowest BCUT2D eigenvalue weighted by molar-refractivity contribution is -0.0496. The zero-order valence-corrected chi connectivity index (χ0v) is 18.0. The van der Waals surface area contributed by atoms with E-state index in [1.54, 1.807) is 7.05 Å². The average Bonchev–Trinajstić information content (AvgIpc) is 2.70. The van der Waals surface area contributed by atoms with E-state index in [0.29, 0.717) is 29.7 Å². The molecule has 170 valence electrons. The first-order valence-corrected chi connectivity index (χ1v) is 11.6. The average molecular weight is 443 g/mol. The van der Waals surface area contributed by atoms with Gasteiger partial charge in [0.15, 0.2) is 5.96 Å². The maximum atomic E-state index is 12.6. The second-order valence-electron chi connectivity index (χ2n) is 7.45. The zero-order valence-electron chi connectivity index (χ0n) is 17.2. The summed E-state index contributed by atoms with van der Waals surface area (Å²) in [6.07, 6.45) is 0.780. The summed E-state index contributed by atoms with van der Waals surface area (Å²) in [4.78, 5) is 9.01. The van der Waals surface area contributed by atoms with Crippen LogP contribution < -0.4 is 10.6 Å². The van der Waals surface area contributed by atoms with E-state index in [-0.39, 0.29) is 19.0 Å². The van der Waals surface area contributed by atoms with E-state index in [9.17, 15) is 21.6 Å². The van der Waals surface area contributed by atoms with Crippen molar-refractivity contribution in [2.24, 2.45) is 10.9 Å². The number of hydrogen-bond donors (Lipinski definition) is 2. The molecular weight excluding hydrogens is 409 g/mol. The Balaban J connectivity index is 1.65. The topological polar surface area (TPSA) is 80.3 Å². The van der Waals surface area contributed by atoms with Gasteiger partial charge < -0.3 is 15.5 Å². The van der Waals surface area contributed by atoms with Crippen molar-refractivity contribution >= 4 is 16.0 Å². The van der Waals surface area contributed by atoms with E-state index in [1.807, 2.05) is 0 Å². The fraction of sp³-hybridized carbons (Fsp3) is 0.941. The Hall–Kier alpha value is -1.11. The molecule has 0 unspecified atom stereocenters. The molecule has 0 atom stereocenters. The standard InChI is InChI=1S/C17H33F3N6O2S/c1-3-24-10-12-25(13-11-24)9-6-22-16(21-2)23-14-15-4-7-26(8-5-15)29(27,28)17(18,19)20/h15H,3-14H2,1-2H3,(H2,21,22,23). The lowest BCUT2D eigenvalue weighted by atomic mass is 9.98. The normalized spacial score (nSPS) is 22.0. The van der Waals surface area contributed by atoms with Gasteiger partial charge in [-0.15, -0.1) is 0 Å². The molecule has 2 saturated heterocycles. The van der Waals surface area contributed by atoms with Gasteiger partial charge in [-0.2, -0.15) is 17.5 Å². The molecule has 0 saturated carbocycles. The molecule has 0 spiro atoms. The van der Waals surface area contributed by atoms with Crippen molar-refractivity contribution in [1.29, 1.82) is 0 Å². The van der Waals surface area contributed by atoms with E-state index in [4.69, 9.17) is 0 Å². The minimum Gasteiger partial charge on any atom is -0.356 e. The molecule has 8 nitrogen and oxygen atoms in total. The number of aliphatic imine (C=N–C) groups is 1. The van der Waals surface area contributed by atoms with Crippen molar-refractivity contribution in [3.05, 3.63) is 0 Å². The van der Waals surface area contributed by atoms with Gasteiger partial charge in [0, 0.05) is 66.0 Å². The Morgan fingerprint density at radius 2 is 1.62 bits per heavy atom. The highest BCUT2D eigenvalue weighted by Gasteiger charge is 2.50. The highest BCUT2D eigenvalue weighted by atomic mass is 32.2. The smallest absolute Gasteiger partial charge is 0.356 e. The third kappa shape index (κ3) is 6.97. The van der Waals surface area contributed by atoms with Crippen molar-refractivity contribution in [2.75, 3.05) is 72.5 Å². The minimum atomic E-state index is -5.23. The lowest BCUT2D eigenvalue weighted by Gasteiger charge is -2.34. The predicted molar refractivity (Wildman–Crippen MR) is 107 cm³/mol. The van der Waals surface area contributed by atoms with Crippen LogP contribution in [0.25, 0.3) is 0 Å². The summed E-state index contributed by atoms with van der Waals surface area (Å²) in [5.41, 5.74) is -5.23. The maximum absolute atomic E-state index is 12.6. The van der Waals surface area contributed by atoms with Crippen LogP contribution in [0.2, 0.25) is 0 Å². The predicted octanol–water partition coefficient (Wildman–Crippen LogP) is 0.351. The van der Waals surface area contributed by atoms with Gasteiger partial charge in [-0.05, 0) is 25.3 Å². The van der Waals surface area contributed by atoms with Crippen LogP contribution in [0.4, 0.5) is 13.2 Å². The summed E-state index contributed by atoms with van der Waals surface area (Å²) in [5, 5.41) is 6.46. The Morgan fingerprint density at radius 3 is 2.14 bits per heavy atom. The first kappa shape index (κ1) is 24.2. The maximum Gasteiger partial charge on any atom is 0.511 e. The van der Waals surface area contributed by atoms with Gasteiger partial charge in [-0.25, -0.2) is 8.42 Å². The van der Waals surface area contributed by atoms with Crippen molar-refractivity contribution < 1.29 is 21.6 Å². The summed E-state index contributed by atoms with van der Waals surface area (Å²) >= 11 is 0. The van der Waals surface area contributed by atoms with Gasteiger partial charge in [0.1, 0.15) is 0 Å². The van der Waals surface area contributed by atoms with Crippen LogP contribution >= 0.6 is 0 Å². The highest BCUT2D eigenvalue weighted by Crippen LogP contribution is 2.30. The quantitative estimate of drug-likeness (QED) is 0.438. The van der Waals surface area contributed by atoms with Crippen LogP contribution in [0, 0.1) is 5.92 Å². The molecule has 2 aliphatic heterocycles. The number of rotatable bonds is 7. The van der Waals surface area contributed by atoms with Gasteiger partial charge in [-0.1, -0.05) is 6.92 Å². The molecule has 2 N–H and O–H groups in total. The third-order valence-corrected chi connectivity index (χ3v) is 7.25. The molecule has 2 heterocycles. The van der Waals surface area contributed by atoms with Crippen molar-refractivity contribution in [2.45, 2.75) is 25.3 Å². The van der Waals surface area contributed by atoms with E-state index in [2.05, 4.69) is 32.3 Å². The minimum absolute atomic E-state index is 0.107. The SMILES string of the molecule is CCN1CCN(CCNC(=NC)NCC2CCN(S(=O)(=O)C(F)(F)F)CC2)CC1. The Kier molecular flexibility index (Phi) is 8.98. The lowest BCUT2D eigenvalue weighted by Crippen LogP contribution is -2.50. The van der Waals surface area contributed by atoms with Gasteiger partial charge in [-0.3, -0.25) is 9.89 Å². The van der Waals surface area contributed by atoms with Gasteiger partial charge in [0.2, 0.25) is 0 Å². The summed E-state index contributed by atoms with van der Waals surface area (Å²) in [6, 6.07) is 0. The van der Waals surface area contributed by atoms with Crippen molar-refractivity contribution in [3.8, 4) is 0 Å². The summed E-state index contributed by atoms with van der Waals surface area (Å²) in [7, 11) is -3.54. The molecule has 0 aromatic rings. The number of piperidine rings is 1. The van der Waals surface area contributed by atoms with Crippen LogP contribution in [-0.2, 0) is 10.0 Å². The van der Waals surface area contributed by atoms with E-state index < -0.39 is 15.5 Å². The fourth-order valence-electron chi connectivity index (χ4n) is 3.62. The number of alkyl halides is 3. The number of guanidine groups is 1. The Bertz CT molecular complexity index is 628. The van der Waals surface area contributed by atoms with E-state index in [1.165, 1.54) is 0 Å². The Morgan fingerprint density at radius 1 is 1.03 bits per heavy atom. The number of hydrogen-bond acceptors (Lipinski definition) is 5. The number of piperazine rings is 1. The first-order chi connectivity index (χ1) is 13.7.